The van der Waals surface area contributed by atoms with Gasteiger partial charge in [-0.15, -0.1) is 5.10 Å². The first-order valence-electron chi connectivity index (χ1n) is 12.1. The van der Waals surface area contributed by atoms with E-state index in [1.54, 1.807) is 0 Å². The zero-order chi connectivity index (χ0) is 23.6. The van der Waals surface area contributed by atoms with Gasteiger partial charge in [0.25, 0.3) is 5.95 Å². The number of hydrogen-bond acceptors (Lipinski definition) is 8. The van der Waals surface area contributed by atoms with Gasteiger partial charge in [0, 0.05) is 24.0 Å². The molecule has 9 nitrogen and oxygen atoms in total. The lowest BCUT2D eigenvalue weighted by Gasteiger charge is -2.18. The number of fused-ring (bicyclic) bond motifs is 3. The molecule has 1 saturated heterocycles. The smallest absolute Gasteiger partial charge is 0.254 e. The normalized spacial score (nSPS) is 15.0. The second-order valence-electron chi connectivity index (χ2n) is 8.95. The third kappa shape index (κ3) is 4.54. The van der Waals surface area contributed by atoms with Gasteiger partial charge in [-0.05, 0) is 74.2 Å². The summed E-state index contributed by atoms with van der Waals surface area (Å²) in [4.78, 5) is 16.1. The van der Waals surface area contributed by atoms with Crippen LogP contribution < -0.4 is 15.8 Å². The van der Waals surface area contributed by atoms with E-state index in [9.17, 15) is 0 Å². The van der Waals surface area contributed by atoms with E-state index in [4.69, 9.17) is 15.5 Å². The van der Waals surface area contributed by atoms with Crippen molar-refractivity contribution in [3.05, 3.63) is 65.9 Å². The van der Waals surface area contributed by atoms with Crippen molar-refractivity contribution in [3.8, 4) is 23.0 Å². The number of aromatic nitrogens is 5. The van der Waals surface area contributed by atoms with Crippen molar-refractivity contribution < 1.29 is 4.74 Å². The van der Waals surface area contributed by atoms with Crippen molar-refractivity contribution in [2.45, 2.75) is 25.7 Å². The summed E-state index contributed by atoms with van der Waals surface area (Å²) in [5, 5.41) is 7.70. The van der Waals surface area contributed by atoms with E-state index in [0.717, 1.165) is 47.6 Å². The Bertz CT molecular complexity index is 1330. The number of ether oxygens (including phenoxy) is 1. The van der Waals surface area contributed by atoms with Gasteiger partial charge < -0.3 is 15.8 Å². The summed E-state index contributed by atoms with van der Waals surface area (Å²) in [6.45, 7) is 4.02. The molecule has 0 radical (unpaired) electrons. The zero-order valence-electron chi connectivity index (χ0n) is 19.5. The predicted octanol–water partition coefficient (Wildman–Crippen LogP) is 3.62. The average Bonchev–Trinajstić information content (AvgIpc) is 3.54. The lowest BCUT2D eigenvalue weighted by atomic mass is 9.90. The van der Waals surface area contributed by atoms with Crippen LogP contribution in [0.5, 0.6) is 5.75 Å². The quantitative estimate of drug-likeness (QED) is 0.424. The van der Waals surface area contributed by atoms with Crippen LogP contribution in [0.2, 0.25) is 0 Å². The standard InChI is InChI=1S/C26H28N8O/c27-24-31-25(29-20-9-11-21(12-10-20)35-16-15-33-13-3-4-14-33)32-34(24)26-28-17-19-8-7-18-5-1-2-6-22(18)23(19)30-26/h1-2,5-6,9-12,17H,3-4,7-8,13-16H2,(H3,27,29,31,32). The highest BCUT2D eigenvalue weighted by atomic mass is 16.5. The number of aryl methyl sites for hydroxylation is 2. The third-order valence-corrected chi connectivity index (χ3v) is 6.59. The van der Waals surface area contributed by atoms with E-state index in [-0.39, 0.29) is 5.95 Å². The second kappa shape index (κ2) is 9.34. The molecule has 0 spiro atoms. The largest absolute Gasteiger partial charge is 0.492 e. The molecule has 1 fully saturated rings. The Morgan fingerprint density at radius 1 is 0.943 bits per heavy atom. The molecule has 35 heavy (non-hydrogen) atoms. The Labute approximate surface area is 204 Å². The SMILES string of the molecule is Nc1nc(Nc2ccc(OCCN3CCCC3)cc2)nn1-c1ncc2c(n1)-c1ccccc1CC2. The van der Waals surface area contributed by atoms with Crippen LogP contribution in [0.25, 0.3) is 17.2 Å². The minimum absolute atomic E-state index is 0.221. The number of nitrogens with two attached hydrogens (primary N) is 1. The lowest BCUT2D eigenvalue weighted by molar-refractivity contribution is 0.238. The Morgan fingerprint density at radius 2 is 1.74 bits per heavy atom. The number of hydrogen-bond donors (Lipinski definition) is 2. The average molecular weight is 469 g/mol. The van der Waals surface area contributed by atoms with E-state index in [1.165, 1.54) is 36.2 Å². The molecule has 6 rings (SSSR count). The minimum atomic E-state index is 0.221. The van der Waals surface area contributed by atoms with Crippen LogP contribution in [0.15, 0.2) is 54.7 Å². The number of benzene rings is 2. The van der Waals surface area contributed by atoms with E-state index < -0.39 is 0 Å². The van der Waals surface area contributed by atoms with Crippen LogP contribution in [0.3, 0.4) is 0 Å². The molecule has 1 aliphatic heterocycles. The fourth-order valence-electron chi connectivity index (χ4n) is 4.74. The first kappa shape index (κ1) is 21.5. The van der Waals surface area contributed by atoms with Gasteiger partial charge in [0.15, 0.2) is 0 Å². The number of rotatable bonds is 7. The zero-order valence-corrected chi connectivity index (χ0v) is 19.5. The Kier molecular flexibility index (Phi) is 5.75. The Hall–Kier alpha value is -3.98. The summed E-state index contributed by atoms with van der Waals surface area (Å²) in [6, 6.07) is 16.1. The fraction of sp³-hybridized carbons (Fsp3) is 0.308. The molecule has 0 atom stereocenters. The molecule has 0 unspecified atom stereocenters. The van der Waals surface area contributed by atoms with Crippen molar-refractivity contribution in [1.82, 2.24) is 29.6 Å². The van der Waals surface area contributed by atoms with Gasteiger partial charge in [-0.1, -0.05) is 24.3 Å². The lowest BCUT2D eigenvalue weighted by Crippen LogP contribution is -2.25. The highest BCUT2D eigenvalue weighted by molar-refractivity contribution is 5.69. The number of nitrogens with one attached hydrogen (secondary N) is 1. The number of anilines is 3. The molecule has 178 valence electrons. The van der Waals surface area contributed by atoms with Crippen LogP contribution in [-0.2, 0) is 12.8 Å². The van der Waals surface area contributed by atoms with Crippen molar-refractivity contribution in [2.75, 3.05) is 37.3 Å². The molecule has 3 N–H and O–H groups in total. The van der Waals surface area contributed by atoms with Gasteiger partial charge in [-0.2, -0.15) is 9.67 Å². The van der Waals surface area contributed by atoms with Crippen LogP contribution in [0.4, 0.5) is 17.6 Å². The van der Waals surface area contributed by atoms with Crippen LogP contribution in [0, 0.1) is 0 Å². The molecule has 0 bridgehead atoms. The number of nitrogen functional groups attached to an aromatic ring is 1. The predicted molar refractivity (Wildman–Crippen MR) is 135 cm³/mol. The first-order chi connectivity index (χ1) is 17.2. The molecule has 2 aromatic heterocycles. The first-order valence-corrected chi connectivity index (χ1v) is 12.1. The summed E-state index contributed by atoms with van der Waals surface area (Å²) in [5.74, 6) is 1.85. The summed E-state index contributed by atoms with van der Waals surface area (Å²) >= 11 is 0. The molecule has 3 heterocycles. The van der Waals surface area contributed by atoms with Crippen molar-refractivity contribution in [3.63, 3.8) is 0 Å². The van der Waals surface area contributed by atoms with Gasteiger partial charge in [0.2, 0.25) is 11.9 Å². The third-order valence-electron chi connectivity index (χ3n) is 6.59. The minimum Gasteiger partial charge on any atom is -0.492 e. The van der Waals surface area contributed by atoms with Gasteiger partial charge in [-0.3, -0.25) is 4.90 Å². The van der Waals surface area contributed by atoms with Gasteiger partial charge in [-0.25, -0.2) is 9.97 Å². The topological polar surface area (TPSA) is 107 Å². The highest BCUT2D eigenvalue weighted by Crippen LogP contribution is 2.32. The summed E-state index contributed by atoms with van der Waals surface area (Å²) < 4.78 is 7.35. The maximum Gasteiger partial charge on any atom is 0.254 e. The van der Waals surface area contributed by atoms with E-state index >= 15 is 0 Å². The van der Waals surface area contributed by atoms with E-state index in [1.807, 2.05) is 36.5 Å². The van der Waals surface area contributed by atoms with Gasteiger partial charge in [0.05, 0.1) is 5.69 Å². The Morgan fingerprint density at radius 3 is 2.60 bits per heavy atom. The van der Waals surface area contributed by atoms with Crippen LogP contribution >= 0.6 is 0 Å². The van der Waals surface area contributed by atoms with Crippen LogP contribution in [-0.4, -0.2) is 55.9 Å². The molecular formula is C26H28N8O. The monoisotopic (exact) mass is 468 g/mol. The van der Waals surface area contributed by atoms with Crippen LogP contribution in [0.1, 0.15) is 24.0 Å². The molecule has 0 saturated carbocycles. The van der Waals surface area contributed by atoms with Crippen molar-refractivity contribution in [2.24, 2.45) is 0 Å². The molecular weight excluding hydrogens is 440 g/mol. The molecule has 0 amide bonds. The molecule has 2 aromatic carbocycles. The molecule has 9 heteroatoms. The molecule has 1 aliphatic carbocycles. The summed E-state index contributed by atoms with van der Waals surface area (Å²) in [7, 11) is 0. The highest BCUT2D eigenvalue weighted by Gasteiger charge is 2.20. The fourth-order valence-corrected chi connectivity index (χ4v) is 4.74. The maximum atomic E-state index is 6.17. The Balaban J connectivity index is 1.15. The van der Waals surface area contributed by atoms with Crippen molar-refractivity contribution >= 4 is 17.6 Å². The van der Waals surface area contributed by atoms with Gasteiger partial charge >= 0.3 is 0 Å². The maximum absolute atomic E-state index is 6.17. The number of likely N-dealkylation sites (tertiary alicyclic amines) is 1. The van der Waals surface area contributed by atoms with E-state index in [0.29, 0.717) is 18.5 Å². The van der Waals surface area contributed by atoms with E-state index in [2.05, 4.69) is 43.5 Å². The summed E-state index contributed by atoms with van der Waals surface area (Å²) in [5.41, 5.74) is 11.5. The van der Waals surface area contributed by atoms with Gasteiger partial charge in [0.1, 0.15) is 12.4 Å². The van der Waals surface area contributed by atoms with Crippen molar-refractivity contribution in [1.29, 1.82) is 0 Å². The second-order valence-corrected chi connectivity index (χ2v) is 8.95. The molecule has 4 aromatic rings. The molecule has 2 aliphatic rings. The summed E-state index contributed by atoms with van der Waals surface area (Å²) in [6.07, 6.45) is 6.37. The number of nitrogens with zero attached hydrogens (tertiary/aromatic N) is 6.